The molecule has 1 aliphatic rings. The molecule has 0 radical (unpaired) electrons. The molecule has 3 amide bonds. The molecule has 0 atom stereocenters. The topological polar surface area (TPSA) is 71.1 Å². The lowest BCUT2D eigenvalue weighted by Crippen LogP contribution is -2.37. The van der Waals surface area contributed by atoms with Crippen LogP contribution < -0.4 is 19.7 Å². The number of urea groups is 1. The number of hydrogen-bond acceptors (Lipinski definition) is 4. The van der Waals surface area contributed by atoms with E-state index in [0.29, 0.717) is 30.3 Å². The van der Waals surface area contributed by atoms with Gasteiger partial charge >= 0.3 is 6.03 Å². The normalized spacial score (nSPS) is 13.6. The number of carbonyl (C=O) groups excluding carboxylic acids is 2. The standard InChI is InChI=1S/C21H25N3O4/c1-4-15-7-5-6-8-17(15)22-20(25)14-23-11-12-24(21(23)26)18-13-16(27-2)9-10-19(18)28-3/h5-10,13H,4,11-12,14H2,1-3H3,(H,22,25). The van der Waals surface area contributed by atoms with Crippen LogP contribution in [-0.4, -0.2) is 50.7 Å². The average Bonchev–Trinajstić information content (AvgIpc) is 3.07. The first kappa shape index (κ1) is 19.5. The number of methoxy groups -OCH3 is 2. The highest BCUT2D eigenvalue weighted by atomic mass is 16.5. The third-order valence-corrected chi connectivity index (χ3v) is 4.78. The summed E-state index contributed by atoms with van der Waals surface area (Å²) in [5.74, 6) is 1.00. The minimum Gasteiger partial charge on any atom is -0.497 e. The summed E-state index contributed by atoms with van der Waals surface area (Å²) in [5.41, 5.74) is 2.48. The van der Waals surface area contributed by atoms with Gasteiger partial charge in [0.05, 0.1) is 19.9 Å². The lowest BCUT2D eigenvalue weighted by molar-refractivity contribution is -0.116. The minimum atomic E-state index is -0.231. The predicted molar refractivity (Wildman–Crippen MR) is 108 cm³/mol. The molecule has 2 aromatic rings. The molecule has 28 heavy (non-hydrogen) atoms. The number of benzene rings is 2. The van der Waals surface area contributed by atoms with Gasteiger partial charge < -0.3 is 19.7 Å². The van der Waals surface area contributed by atoms with Gasteiger partial charge in [-0.3, -0.25) is 9.69 Å². The number of aryl methyl sites for hydroxylation is 1. The van der Waals surface area contributed by atoms with Gasteiger partial charge in [-0.1, -0.05) is 25.1 Å². The number of carbonyl (C=O) groups is 2. The van der Waals surface area contributed by atoms with Gasteiger partial charge in [0, 0.05) is 24.8 Å². The van der Waals surface area contributed by atoms with Crippen LogP contribution in [0.2, 0.25) is 0 Å². The molecule has 0 spiro atoms. The van der Waals surface area contributed by atoms with Gasteiger partial charge in [-0.25, -0.2) is 4.79 Å². The van der Waals surface area contributed by atoms with Crippen molar-refractivity contribution in [3.8, 4) is 11.5 Å². The van der Waals surface area contributed by atoms with E-state index < -0.39 is 0 Å². The quantitative estimate of drug-likeness (QED) is 0.797. The number of rotatable bonds is 7. The molecule has 2 aromatic carbocycles. The summed E-state index contributed by atoms with van der Waals surface area (Å²) >= 11 is 0. The highest BCUT2D eigenvalue weighted by molar-refractivity contribution is 6.00. The van der Waals surface area contributed by atoms with Crippen LogP contribution >= 0.6 is 0 Å². The van der Waals surface area contributed by atoms with E-state index in [0.717, 1.165) is 17.7 Å². The van der Waals surface area contributed by atoms with Gasteiger partial charge in [0.1, 0.15) is 18.0 Å². The Balaban J connectivity index is 1.70. The molecule has 148 valence electrons. The Bertz CT molecular complexity index is 868. The van der Waals surface area contributed by atoms with E-state index in [9.17, 15) is 9.59 Å². The van der Waals surface area contributed by atoms with E-state index in [-0.39, 0.29) is 18.5 Å². The zero-order valence-electron chi connectivity index (χ0n) is 16.4. The Hall–Kier alpha value is -3.22. The van der Waals surface area contributed by atoms with Crippen molar-refractivity contribution >= 4 is 23.3 Å². The van der Waals surface area contributed by atoms with Crippen LogP contribution in [0, 0.1) is 0 Å². The van der Waals surface area contributed by atoms with Gasteiger partial charge in [-0.2, -0.15) is 0 Å². The molecule has 1 aliphatic heterocycles. The van der Waals surface area contributed by atoms with Crippen LogP contribution in [-0.2, 0) is 11.2 Å². The number of nitrogens with one attached hydrogen (secondary N) is 1. The second-order valence-electron chi connectivity index (χ2n) is 6.45. The molecule has 0 saturated carbocycles. The SMILES string of the molecule is CCc1ccccc1NC(=O)CN1CCN(c2cc(OC)ccc2OC)C1=O. The zero-order valence-corrected chi connectivity index (χ0v) is 16.4. The fraction of sp³-hybridized carbons (Fsp3) is 0.333. The van der Waals surface area contributed by atoms with Crippen molar-refractivity contribution < 1.29 is 19.1 Å². The maximum absolute atomic E-state index is 12.9. The zero-order chi connectivity index (χ0) is 20.1. The lowest BCUT2D eigenvalue weighted by Gasteiger charge is -2.21. The third kappa shape index (κ3) is 4.03. The Morgan fingerprint density at radius 2 is 1.89 bits per heavy atom. The van der Waals surface area contributed by atoms with Crippen molar-refractivity contribution in [2.45, 2.75) is 13.3 Å². The molecule has 3 rings (SSSR count). The first-order chi connectivity index (χ1) is 13.6. The summed E-state index contributed by atoms with van der Waals surface area (Å²) in [5, 5.41) is 2.91. The second kappa shape index (κ2) is 8.65. The number of para-hydroxylation sites is 1. The van der Waals surface area contributed by atoms with Gasteiger partial charge in [0.25, 0.3) is 0 Å². The number of ether oxygens (including phenoxy) is 2. The number of nitrogens with zero attached hydrogens (tertiary/aromatic N) is 2. The summed E-state index contributed by atoms with van der Waals surface area (Å²) in [6.45, 7) is 2.97. The smallest absolute Gasteiger partial charge is 0.325 e. The molecule has 1 heterocycles. The van der Waals surface area contributed by atoms with Crippen molar-refractivity contribution in [2.75, 3.05) is 44.1 Å². The van der Waals surface area contributed by atoms with Crippen molar-refractivity contribution in [1.82, 2.24) is 4.90 Å². The van der Waals surface area contributed by atoms with Crippen LogP contribution in [0.3, 0.4) is 0 Å². The summed E-state index contributed by atoms with van der Waals surface area (Å²) in [6, 6.07) is 12.7. The van der Waals surface area contributed by atoms with E-state index in [4.69, 9.17) is 9.47 Å². The Labute approximate surface area is 164 Å². The Morgan fingerprint density at radius 3 is 2.61 bits per heavy atom. The van der Waals surface area contributed by atoms with E-state index in [2.05, 4.69) is 5.32 Å². The third-order valence-electron chi connectivity index (χ3n) is 4.78. The van der Waals surface area contributed by atoms with Crippen LogP contribution in [0.15, 0.2) is 42.5 Å². The van der Waals surface area contributed by atoms with Crippen molar-refractivity contribution in [3.63, 3.8) is 0 Å². The Kier molecular flexibility index (Phi) is 6.03. The predicted octanol–water partition coefficient (Wildman–Crippen LogP) is 3.15. The minimum absolute atomic E-state index is 0.000331. The molecule has 7 heteroatoms. The largest absolute Gasteiger partial charge is 0.497 e. The molecule has 0 aliphatic carbocycles. The summed E-state index contributed by atoms with van der Waals surface area (Å²) in [6.07, 6.45) is 0.822. The second-order valence-corrected chi connectivity index (χ2v) is 6.45. The van der Waals surface area contributed by atoms with E-state index in [1.807, 2.05) is 31.2 Å². The molecule has 1 N–H and O–H groups in total. The van der Waals surface area contributed by atoms with Gasteiger partial charge in [-0.15, -0.1) is 0 Å². The molecule has 0 aromatic heterocycles. The number of amides is 3. The van der Waals surface area contributed by atoms with E-state index in [1.54, 1.807) is 37.3 Å². The van der Waals surface area contributed by atoms with Crippen LogP contribution in [0.1, 0.15) is 12.5 Å². The molecule has 1 saturated heterocycles. The van der Waals surface area contributed by atoms with Crippen molar-refractivity contribution in [2.24, 2.45) is 0 Å². The van der Waals surface area contributed by atoms with Crippen molar-refractivity contribution in [3.05, 3.63) is 48.0 Å². The molecule has 1 fully saturated rings. The van der Waals surface area contributed by atoms with Gasteiger partial charge in [0.2, 0.25) is 5.91 Å². The Morgan fingerprint density at radius 1 is 1.11 bits per heavy atom. The summed E-state index contributed by atoms with van der Waals surface area (Å²) < 4.78 is 10.6. The monoisotopic (exact) mass is 383 g/mol. The lowest BCUT2D eigenvalue weighted by atomic mass is 10.1. The molecular weight excluding hydrogens is 358 g/mol. The van der Waals surface area contributed by atoms with E-state index in [1.165, 1.54) is 4.90 Å². The van der Waals surface area contributed by atoms with Crippen LogP contribution in [0.4, 0.5) is 16.2 Å². The molecular formula is C21H25N3O4. The molecule has 0 bridgehead atoms. The van der Waals surface area contributed by atoms with Gasteiger partial charge in [-0.05, 0) is 30.2 Å². The fourth-order valence-corrected chi connectivity index (χ4v) is 3.27. The van der Waals surface area contributed by atoms with Gasteiger partial charge in [0.15, 0.2) is 0 Å². The fourth-order valence-electron chi connectivity index (χ4n) is 3.27. The highest BCUT2D eigenvalue weighted by Gasteiger charge is 2.32. The molecule has 0 unspecified atom stereocenters. The number of anilines is 2. The summed E-state index contributed by atoms with van der Waals surface area (Å²) in [7, 11) is 3.13. The summed E-state index contributed by atoms with van der Waals surface area (Å²) in [4.78, 5) is 28.5. The maximum atomic E-state index is 12.9. The maximum Gasteiger partial charge on any atom is 0.325 e. The highest BCUT2D eigenvalue weighted by Crippen LogP contribution is 2.34. The van der Waals surface area contributed by atoms with Crippen LogP contribution in [0.25, 0.3) is 0 Å². The van der Waals surface area contributed by atoms with Crippen LogP contribution in [0.5, 0.6) is 11.5 Å². The van der Waals surface area contributed by atoms with Crippen molar-refractivity contribution in [1.29, 1.82) is 0 Å². The molecule has 7 nitrogen and oxygen atoms in total. The number of hydrogen-bond donors (Lipinski definition) is 1. The first-order valence-electron chi connectivity index (χ1n) is 9.23. The van der Waals surface area contributed by atoms with E-state index >= 15 is 0 Å². The average molecular weight is 383 g/mol. The first-order valence-corrected chi connectivity index (χ1v) is 9.23.